The molecule has 3 rings (SSSR count). The molecule has 0 atom stereocenters. The smallest absolute Gasteiger partial charge is 0.303 e. The van der Waals surface area contributed by atoms with E-state index in [0.29, 0.717) is 11.1 Å². The van der Waals surface area contributed by atoms with Crippen LogP contribution in [0.5, 0.6) is 5.75 Å². The highest BCUT2D eigenvalue weighted by atomic mass is 32.2. The van der Waals surface area contributed by atoms with Gasteiger partial charge in [0.15, 0.2) is 5.65 Å². The highest BCUT2D eigenvalue weighted by molar-refractivity contribution is 7.90. The number of benzene rings is 1. The van der Waals surface area contributed by atoms with Crippen LogP contribution in [-0.4, -0.2) is 33.6 Å². The van der Waals surface area contributed by atoms with Gasteiger partial charge in [-0.1, -0.05) is 18.2 Å². The van der Waals surface area contributed by atoms with Gasteiger partial charge in [-0.25, -0.2) is 17.4 Å². The lowest BCUT2D eigenvalue weighted by Crippen LogP contribution is -2.16. The summed E-state index contributed by atoms with van der Waals surface area (Å²) in [6.07, 6.45) is 0.964. The molecule has 1 aromatic carbocycles. The van der Waals surface area contributed by atoms with Crippen molar-refractivity contribution in [3.8, 4) is 5.75 Å². The number of rotatable bonds is 5. The Bertz CT molecular complexity index is 1010. The van der Waals surface area contributed by atoms with Gasteiger partial charge in [-0.2, -0.15) is 0 Å². The van der Waals surface area contributed by atoms with E-state index < -0.39 is 16.0 Å². The van der Waals surface area contributed by atoms with Gasteiger partial charge in [-0.05, 0) is 30.7 Å². The van der Waals surface area contributed by atoms with Crippen molar-refractivity contribution in [3.63, 3.8) is 0 Å². The predicted octanol–water partition coefficient (Wildman–Crippen LogP) is 2.00. The number of carbonyl (C=O) groups is 1. The third-order valence-electron chi connectivity index (χ3n) is 3.53. The molecule has 2 N–H and O–H groups in total. The molecule has 0 amide bonds. The fourth-order valence-electron chi connectivity index (χ4n) is 2.49. The maximum absolute atomic E-state index is 13.0. The van der Waals surface area contributed by atoms with Crippen LogP contribution >= 0.6 is 0 Å². The summed E-state index contributed by atoms with van der Waals surface area (Å²) in [7, 11) is -3.93. The van der Waals surface area contributed by atoms with E-state index in [0.717, 1.165) is 10.2 Å². The second-order valence-corrected chi connectivity index (χ2v) is 7.00. The van der Waals surface area contributed by atoms with E-state index in [1.54, 1.807) is 18.2 Å². The molecule has 0 unspecified atom stereocenters. The molecule has 2 heterocycles. The lowest BCUT2D eigenvalue weighted by Gasteiger charge is -2.11. The third-order valence-corrected chi connectivity index (χ3v) is 5.29. The molecule has 0 aliphatic heterocycles. The number of aryl methyl sites for hydroxylation is 1. The molecule has 24 heavy (non-hydrogen) atoms. The molecule has 0 saturated heterocycles. The van der Waals surface area contributed by atoms with E-state index in [2.05, 4.69) is 4.98 Å². The van der Waals surface area contributed by atoms with Crippen LogP contribution in [0.25, 0.3) is 11.0 Å². The Morgan fingerprint density at radius 1 is 1.17 bits per heavy atom. The number of hydrogen-bond acceptors (Lipinski definition) is 5. The van der Waals surface area contributed by atoms with Gasteiger partial charge in [0.2, 0.25) is 0 Å². The molecule has 0 radical (unpaired) electrons. The van der Waals surface area contributed by atoms with E-state index in [1.807, 2.05) is 0 Å². The average molecular weight is 346 g/mol. The lowest BCUT2D eigenvalue weighted by atomic mass is 10.2. The first-order valence-electron chi connectivity index (χ1n) is 7.11. The molecule has 8 heteroatoms. The normalized spacial score (nSPS) is 11.7. The number of carboxylic acids is 1. The summed E-state index contributed by atoms with van der Waals surface area (Å²) >= 11 is 0. The summed E-state index contributed by atoms with van der Waals surface area (Å²) in [6.45, 7) is 0. The molecule has 0 aliphatic rings. The summed E-state index contributed by atoms with van der Waals surface area (Å²) in [4.78, 5) is 14.9. The monoisotopic (exact) mass is 346 g/mol. The van der Waals surface area contributed by atoms with E-state index in [4.69, 9.17) is 5.11 Å². The van der Waals surface area contributed by atoms with Crippen LogP contribution in [0, 0.1) is 0 Å². The highest BCUT2D eigenvalue weighted by Crippen LogP contribution is 2.27. The number of aromatic hydroxyl groups is 1. The number of pyridine rings is 1. The van der Waals surface area contributed by atoms with Crippen LogP contribution in [0.1, 0.15) is 12.1 Å². The number of hydrogen-bond donors (Lipinski definition) is 2. The minimum atomic E-state index is -3.93. The Kier molecular flexibility index (Phi) is 3.98. The molecule has 0 spiro atoms. The molecule has 0 aliphatic carbocycles. The first kappa shape index (κ1) is 16.0. The Morgan fingerprint density at radius 3 is 2.54 bits per heavy atom. The fraction of sp³-hybridized carbons (Fsp3) is 0.125. The number of aromatic nitrogens is 2. The summed E-state index contributed by atoms with van der Waals surface area (Å²) in [6, 6.07) is 10.8. The van der Waals surface area contributed by atoms with Crippen molar-refractivity contribution in [1.29, 1.82) is 0 Å². The van der Waals surface area contributed by atoms with Gasteiger partial charge in [-0.3, -0.25) is 4.79 Å². The molecule has 0 fully saturated rings. The summed E-state index contributed by atoms with van der Waals surface area (Å²) in [5, 5.41) is 18.9. The number of fused-ring (bicyclic) bond motifs is 1. The van der Waals surface area contributed by atoms with Crippen LogP contribution in [0.4, 0.5) is 0 Å². The molecular formula is C16H14N2O5S. The van der Waals surface area contributed by atoms with Crippen LogP contribution in [0.3, 0.4) is 0 Å². The van der Waals surface area contributed by atoms with Gasteiger partial charge < -0.3 is 10.2 Å². The van der Waals surface area contributed by atoms with Gasteiger partial charge in [0.1, 0.15) is 5.75 Å². The number of aliphatic carboxylic acids is 1. The van der Waals surface area contributed by atoms with Gasteiger partial charge in [0, 0.05) is 11.1 Å². The second kappa shape index (κ2) is 5.97. The lowest BCUT2D eigenvalue weighted by molar-refractivity contribution is -0.136. The Morgan fingerprint density at radius 2 is 1.88 bits per heavy atom. The maximum atomic E-state index is 13.0. The quantitative estimate of drug-likeness (QED) is 0.731. The topological polar surface area (TPSA) is 109 Å². The zero-order valence-corrected chi connectivity index (χ0v) is 13.3. The molecule has 0 saturated carbocycles. The Labute approximate surface area is 137 Å². The first-order valence-corrected chi connectivity index (χ1v) is 8.55. The predicted molar refractivity (Wildman–Crippen MR) is 86.4 cm³/mol. The van der Waals surface area contributed by atoms with Gasteiger partial charge >= 0.3 is 5.97 Å². The minimum Gasteiger partial charge on any atom is -0.506 e. The highest BCUT2D eigenvalue weighted by Gasteiger charge is 2.24. The molecule has 3 aromatic rings. The summed E-state index contributed by atoms with van der Waals surface area (Å²) in [5.74, 6) is -1.12. The maximum Gasteiger partial charge on any atom is 0.303 e. The number of carboxylic acid groups (broad SMARTS) is 1. The van der Waals surface area contributed by atoms with Crippen LogP contribution in [0.2, 0.25) is 0 Å². The summed E-state index contributed by atoms with van der Waals surface area (Å²) < 4.78 is 27.0. The zero-order chi connectivity index (χ0) is 17.3. The van der Waals surface area contributed by atoms with Crippen LogP contribution in [-0.2, 0) is 21.2 Å². The first-order chi connectivity index (χ1) is 11.4. The van der Waals surface area contributed by atoms with Crippen molar-refractivity contribution in [2.75, 3.05) is 0 Å². The average Bonchev–Trinajstić information content (AvgIpc) is 2.91. The minimum absolute atomic E-state index is 0.0263. The van der Waals surface area contributed by atoms with E-state index in [9.17, 15) is 18.3 Å². The Hall–Kier alpha value is -2.87. The van der Waals surface area contributed by atoms with Crippen molar-refractivity contribution < 1.29 is 23.4 Å². The molecule has 124 valence electrons. The third kappa shape index (κ3) is 2.83. The molecular weight excluding hydrogens is 332 g/mol. The van der Waals surface area contributed by atoms with Crippen molar-refractivity contribution in [3.05, 3.63) is 54.4 Å². The number of nitrogens with zero attached hydrogens (tertiary/aromatic N) is 2. The van der Waals surface area contributed by atoms with Crippen molar-refractivity contribution in [2.45, 2.75) is 17.7 Å². The van der Waals surface area contributed by atoms with E-state index >= 15 is 0 Å². The van der Waals surface area contributed by atoms with Gasteiger partial charge in [0.05, 0.1) is 17.5 Å². The zero-order valence-electron chi connectivity index (χ0n) is 12.5. The fourth-order valence-corrected chi connectivity index (χ4v) is 4.03. The van der Waals surface area contributed by atoms with E-state index in [-0.39, 0.29) is 29.1 Å². The molecule has 7 nitrogen and oxygen atoms in total. The van der Waals surface area contributed by atoms with Crippen LogP contribution in [0.15, 0.2) is 53.6 Å². The van der Waals surface area contributed by atoms with Crippen molar-refractivity contribution >= 4 is 27.0 Å². The second-order valence-electron chi connectivity index (χ2n) is 5.22. The van der Waals surface area contributed by atoms with E-state index in [1.165, 1.54) is 24.3 Å². The standard InChI is InChI=1S/C16H14N2O5S/c19-13-9-11-8-12(6-7-15(20)21)18(16(11)17-10-13)24(22,23)14-4-2-1-3-5-14/h1-5,8-10,19H,6-7H2,(H,20,21). The molecule has 2 aromatic heterocycles. The molecule has 0 bridgehead atoms. The van der Waals surface area contributed by atoms with Gasteiger partial charge in [-0.15, -0.1) is 0 Å². The largest absolute Gasteiger partial charge is 0.506 e. The SMILES string of the molecule is O=C(O)CCc1cc2cc(O)cnc2n1S(=O)(=O)c1ccccc1. The van der Waals surface area contributed by atoms with Gasteiger partial charge in [0.25, 0.3) is 10.0 Å². The van der Waals surface area contributed by atoms with Crippen LogP contribution < -0.4 is 0 Å². The van der Waals surface area contributed by atoms with Crippen molar-refractivity contribution in [1.82, 2.24) is 8.96 Å². The van der Waals surface area contributed by atoms with Crippen molar-refractivity contribution in [2.24, 2.45) is 0 Å². The summed E-state index contributed by atoms with van der Waals surface area (Å²) in [5.41, 5.74) is 0.450. The Balaban J connectivity index is 2.24.